The molecular weight excluding hydrogens is 402 g/mol. The Morgan fingerprint density at radius 1 is 1.00 bits per heavy atom. The number of nitrogens with one attached hydrogen (secondary N) is 1. The molecular formula is C26H37N3O3. The van der Waals surface area contributed by atoms with Gasteiger partial charge in [-0.2, -0.15) is 0 Å². The monoisotopic (exact) mass is 439 g/mol. The van der Waals surface area contributed by atoms with E-state index in [0.29, 0.717) is 12.2 Å². The predicted molar refractivity (Wildman–Crippen MR) is 125 cm³/mol. The number of amides is 2. The van der Waals surface area contributed by atoms with E-state index in [1.807, 2.05) is 28.5 Å². The van der Waals surface area contributed by atoms with Crippen LogP contribution in [-0.2, 0) is 11.3 Å². The van der Waals surface area contributed by atoms with E-state index in [1.165, 1.54) is 44.9 Å². The highest BCUT2D eigenvalue weighted by atomic mass is 16.3. The van der Waals surface area contributed by atoms with Crippen LogP contribution in [0, 0.1) is 0 Å². The number of furan rings is 1. The molecule has 2 aliphatic carbocycles. The van der Waals surface area contributed by atoms with Crippen LogP contribution in [0.15, 0.2) is 22.8 Å². The Bertz CT molecular complexity index is 960. The molecule has 5 rings (SSSR count). The Kier molecular flexibility index (Phi) is 6.04. The first-order chi connectivity index (χ1) is 15.6. The topological polar surface area (TPSA) is 67.5 Å². The fourth-order valence-corrected chi connectivity index (χ4v) is 6.26. The van der Waals surface area contributed by atoms with E-state index >= 15 is 0 Å². The molecule has 3 heterocycles. The molecule has 1 aliphatic heterocycles. The molecule has 0 bridgehead atoms. The predicted octanol–water partition coefficient (Wildman–Crippen LogP) is 5.40. The molecule has 1 atom stereocenters. The normalized spacial score (nSPS) is 26.4. The van der Waals surface area contributed by atoms with Crippen LogP contribution in [0.25, 0.3) is 11.1 Å². The molecule has 6 heteroatoms. The molecule has 32 heavy (non-hydrogen) atoms. The summed E-state index contributed by atoms with van der Waals surface area (Å²) in [5, 5.41) is 3.40. The smallest absolute Gasteiger partial charge is 0.271 e. The third-order valence-corrected chi connectivity index (χ3v) is 8.08. The lowest BCUT2D eigenvalue weighted by Crippen LogP contribution is -2.67. The molecule has 1 N–H and O–H groups in total. The largest absolute Gasteiger partial charge is 0.463 e. The van der Waals surface area contributed by atoms with Crippen molar-refractivity contribution in [2.45, 2.75) is 115 Å². The van der Waals surface area contributed by atoms with Crippen molar-refractivity contribution in [3.8, 4) is 0 Å². The van der Waals surface area contributed by atoms with Gasteiger partial charge in [-0.15, -0.1) is 0 Å². The Morgan fingerprint density at radius 2 is 1.62 bits per heavy atom. The number of carbonyl (C=O) groups excluding carboxylic acids is 2. The van der Waals surface area contributed by atoms with E-state index in [4.69, 9.17) is 4.42 Å². The van der Waals surface area contributed by atoms with Crippen LogP contribution in [0.2, 0.25) is 0 Å². The molecule has 1 unspecified atom stereocenters. The van der Waals surface area contributed by atoms with E-state index in [-0.39, 0.29) is 23.9 Å². The summed E-state index contributed by atoms with van der Waals surface area (Å²) in [6.07, 6.45) is 16.5. The van der Waals surface area contributed by atoms with Crippen molar-refractivity contribution < 1.29 is 14.0 Å². The third kappa shape index (κ3) is 3.86. The Hall–Kier alpha value is -2.24. The fourth-order valence-electron chi connectivity index (χ4n) is 6.26. The summed E-state index contributed by atoms with van der Waals surface area (Å²) in [5.74, 6) is -0.0125. The maximum atomic E-state index is 13.9. The van der Waals surface area contributed by atoms with Crippen molar-refractivity contribution in [1.29, 1.82) is 0 Å². The summed E-state index contributed by atoms with van der Waals surface area (Å²) in [6, 6.07) is 4.09. The second kappa shape index (κ2) is 8.95. The highest BCUT2D eigenvalue weighted by Gasteiger charge is 2.50. The lowest BCUT2D eigenvalue weighted by Gasteiger charge is -2.48. The number of hydrogen-bond donors (Lipinski definition) is 1. The van der Waals surface area contributed by atoms with E-state index in [1.54, 1.807) is 6.26 Å². The average molecular weight is 440 g/mol. The first kappa shape index (κ1) is 21.6. The van der Waals surface area contributed by atoms with E-state index in [2.05, 4.69) is 5.32 Å². The van der Waals surface area contributed by atoms with Crippen LogP contribution in [0.4, 0.5) is 0 Å². The van der Waals surface area contributed by atoms with Gasteiger partial charge in [-0.25, -0.2) is 0 Å². The minimum atomic E-state index is -0.898. The molecule has 0 spiro atoms. The summed E-state index contributed by atoms with van der Waals surface area (Å²) in [4.78, 5) is 29.8. The molecule has 2 saturated carbocycles. The Labute approximate surface area is 190 Å². The number of rotatable bonds is 3. The number of carbonyl (C=O) groups is 2. The van der Waals surface area contributed by atoms with Crippen LogP contribution in [0.3, 0.4) is 0 Å². The van der Waals surface area contributed by atoms with Crippen molar-refractivity contribution in [3.05, 3.63) is 24.1 Å². The van der Waals surface area contributed by atoms with Gasteiger partial charge in [-0.05, 0) is 32.6 Å². The van der Waals surface area contributed by atoms with Crippen LogP contribution in [0.5, 0.6) is 0 Å². The number of hydrogen-bond acceptors (Lipinski definition) is 3. The minimum Gasteiger partial charge on any atom is -0.463 e. The van der Waals surface area contributed by atoms with Crippen molar-refractivity contribution >= 4 is 22.9 Å². The fraction of sp³-hybridized carbons (Fsp3) is 0.692. The van der Waals surface area contributed by atoms with Gasteiger partial charge >= 0.3 is 0 Å². The van der Waals surface area contributed by atoms with Gasteiger partial charge in [0.15, 0.2) is 5.58 Å². The second-order valence-corrected chi connectivity index (χ2v) is 10.4. The molecule has 0 saturated heterocycles. The highest BCUT2D eigenvalue weighted by molar-refractivity contribution is 6.03. The van der Waals surface area contributed by atoms with Gasteiger partial charge in [0.25, 0.3) is 5.91 Å². The Morgan fingerprint density at radius 3 is 2.31 bits per heavy atom. The molecule has 2 aromatic heterocycles. The van der Waals surface area contributed by atoms with Gasteiger partial charge in [-0.1, -0.05) is 57.8 Å². The van der Waals surface area contributed by atoms with E-state index in [0.717, 1.165) is 49.6 Å². The third-order valence-electron chi connectivity index (χ3n) is 8.08. The van der Waals surface area contributed by atoms with Crippen molar-refractivity contribution in [2.75, 3.05) is 0 Å². The Balaban J connectivity index is 1.49. The van der Waals surface area contributed by atoms with Gasteiger partial charge in [0, 0.05) is 24.2 Å². The maximum Gasteiger partial charge on any atom is 0.271 e. The molecule has 2 amide bonds. The van der Waals surface area contributed by atoms with Gasteiger partial charge in [0.1, 0.15) is 11.2 Å². The molecule has 0 aromatic carbocycles. The van der Waals surface area contributed by atoms with E-state index in [9.17, 15) is 9.59 Å². The van der Waals surface area contributed by atoms with E-state index < -0.39 is 5.54 Å². The lowest BCUT2D eigenvalue weighted by molar-refractivity contribution is -0.135. The van der Waals surface area contributed by atoms with Crippen LogP contribution < -0.4 is 5.32 Å². The zero-order valence-electron chi connectivity index (χ0n) is 19.4. The van der Waals surface area contributed by atoms with Crippen LogP contribution in [0.1, 0.15) is 101 Å². The van der Waals surface area contributed by atoms with Gasteiger partial charge < -0.3 is 19.2 Å². The molecule has 6 nitrogen and oxygen atoms in total. The summed E-state index contributed by atoms with van der Waals surface area (Å²) >= 11 is 0. The minimum absolute atomic E-state index is 0.0108. The number of fused-ring (bicyclic) bond motifs is 3. The maximum absolute atomic E-state index is 13.9. The molecule has 2 aromatic rings. The zero-order chi connectivity index (χ0) is 22.1. The van der Waals surface area contributed by atoms with Crippen molar-refractivity contribution in [1.82, 2.24) is 14.8 Å². The zero-order valence-corrected chi connectivity index (χ0v) is 19.4. The number of nitrogens with zero attached hydrogens (tertiary/aromatic N) is 2. The molecule has 3 aliphatic rings. The lowest BCUT2D eigenvalue weighted by atomic mass is 9.89. The summed E-state index contributed by atoms with van der Waals surface area (Å²) in [5.41, 5.74) is 1.38. The first-order valence-corrected chi connectivity index (χ1v) is 12.8. The quantitative estimate of drug-likeness (QED) is 0.651. The van der Waals surface area contributed by atoms with Gasteiger partial charge in [-0.3, -0.25) is 9.59 Å². The standard InChI is InChI=1S/C26H37N3O3/c1-26(25(31)27-19-11-7-3-2-4-8-12-19)18-28-21-15-16-32-23(21)17-22(28)24(30)29(26)20-13-9-5-6-10-14-20/h15-17,19-20H,2-14,18H2,1H3,(H,27,31). The summed E-state index contributed by atoms with van der Waals surface area (Å²) < 4.78 is 7.61. The SMILES string of the molecule is CC1(C(=O)NC2CCCCCCC2)Cn2c(cc3occc32)C(=O)N1C1CCCCCC1. The second-order valence-electron chi connectivity index (χ2n) is 10.4. The van der Waals surface area contributed by atoms with Crippen LogP contribution in [-0.4, -0.2) is 38.9 Å². The molecule has 2 fully saturated rings. The van der Waals surface area contributed by atoms with Gasteiger partial charge in [0.2, 0.25) is 5.91 Å². The van der Waals surface area contributed by atoms with Crippen molar-refractivity contribution in [3.63, 3.8) is 0 Å². The molecule has 0 radical (unpaired) electrons. The molecule has 174 valence electrons. The summed E-state index contributed by atoms with van der Waals surface area (Å²) in [7, 11) is 0. The average Bonchev–Trinajstić information content (AvgIpc) is 3.24. The summed E-state index contributed by atoms with van der Waals surface area (Å²) in [6.45, 7) is 2.47. The first-order valence-electron chi connectivity index (χ1n) is 12.8. The van der Waals surface area contributed by atoms with Gasteiger partial charge in [0.05, 0.1) is 18.3 Å². The van der Waals surface area contributed by atoms with Crippen molar-refractivity contribution in [2.24, 2.45) is 0 Å². The van der Waals surface area contributed by atoms with Crippen LogP contribution >= 0.6 is 0 Å². The number of aromatic nitrogens is 1. The highest BCUT2D eigenvalue weighted by Crippen LogP contribution is 2.37.